The van der Waals surface area contributed by atoms with Gasteiger partial charge in [0.15, 0.2) is 0 Å². The van der Waals surface area contributed by atoms with E-state index < -0.39 is 0 Å². The summed E-state index contributed by atoms with van der Waals surface area (Å²) in [5, 5.41) is 11.8. The highest BCUT2D eigenvalue weighted by atomic mass is 16.3. The summed E-state index contributed by atoms with van der Waals surface area (Å²) in [6.07, 6.45) is 0.530. The minimum atomic E-state index is 0.0754. The largest absolute Gasteiger partial charge is 0.396 e. The van der Waals surface area contributed by atoms with Gasteiger partial charge in [-0.05, 0) is 30.5 Å². The third-order valence-electron chi connectivity index (χ3n) is 4.35. The summed E-state index contributed by atoms with van der Waals surface area (Å²) in [7, 11) is 0. The standard InChI is InChI=1S/C18H29N3O2/c1-15-4-3-5-17(12-15)21-10-8-20(9-11-21)7-6-18(23)19-13-16(2)14-22/h3-5,12,16,22H,6-11,13-14H2,1-2H3,(H,19,23). The Labute approximate surface area is 139 Å². The number of aliphatic hydroxyl groups excluding tert-OH is 1. The number of amides is 1. The Hall–Kier alpha value is -1.59. The van der Waals surface area contributed by atoms with Crippen LogP contribution in [0.3, 0.4) is 0 Å². The number of piperazine rings is 1. The lowest BCUT2D eigenvalue weighted by Gasteiger charge is -2.36. The number of aliphatic hydroxyl groups is 1. The molecule has 2 N–H and O–H groups in total. The van der Waals surface area contributed by atoms with Crippen LogP contribution < -0.4 is 10.2 Å². The van der Waals surface area contributed by atoms with Gasteiger partial charge < -0.3 is 15.3 Å². The number of rotatable bonds is 7. The summed E-state index contributed by atoms with van der Waals surface area (Å²) >= 11 is 0. The molecule has 0 saturated carbocycles. The first kappa shape index (κ1) is 17.8. The molecule has 1 aliphatic heterocycles. The summed E-state index contributed by atoms with van der Waals surface area (Å²) in [6, 6.07) is 8.62. The summed E-state index contributed by atoms with van der Waals surface area (Å²) in [5.74, 6) is 0.197. The van der Waals surface area contributed by atoms with Crippen molar-refractivity contribution in [3.63, 3.8) is 0 Å². The molecule has 1 aromatic carbocycles. The molecule has 1 aliphatic rings. The second-order valence-corrected chi connectivity index (χ2v) is 6.51. The Morgan fingerprint density at radius 3 is 2.70 bits per heavy atom. The van der Waals surface area contributed by atoms with Gasteiger partial charge in [0.25, 0.3) is 0 Å². The average molecular weight is 319 g/mol. The third-order valence-corrected chi connectivity index (χ3v) is 4.35. The zero-order chi connectivity index (χ0) is 16.7. The number of aryl methyl sites for hydroxylation is 1. The lowest BCUT2D eigenvalue weighted by molar-refractivity contribution is -0.121. The molecule has 1 saturated heterocycles. The summed E-state index contributed by atoms with van der Waals surface area (Å²) in [4.78, 5) is 16.6. The van der Waals surface area contributed by atoms with Crippen molar-refractivity contribution in [3.05, 3.63) is 29.8 Å². The molecule has 0 spiro atoms. The molecular formula is C18H29N3O2. The second kappa shape index (κ2) is 8.89. The molecular weight excluding hydrogens is 290 g/mol. The molecule has 1 amide bonds. The molecule has 2 rings (SSSR count). The van der Waals surface area contributed by atoms with Crippen molar-refractivity contribution >= 4 is 11.6 Å². The van der Waals surface area contributed by atoms with Gasteiger partial charge in [0, 0.05) is 58.0 Å². The monoisotopic (exact) mass is 319 g/mol. The molecule has 5 heteroatoms. The van der Waals surface area contributed by atoms with Gasteiger partial charge >= 0.3 is 0 Å². The normalized spacial score (nSPS) is 17.1. The molecule has 1 unspecified atom stereocenters. The Kier molecular flexibility index (Phi) is 6.86. The molecule has 0 radical (unpaired) electrons. The van der Waals surface area contributed by atoms with Gasteiger partial charge in [0.1, 0.15) is 0 Å². The van der Waals surface area contributed by atoms with E-state index in [4.69, 9.17) is 5.11 Å². The first-order valence-corrected chi connectivity index (χ1v) is 8.50. The van der Waals surface area contributed by atoms with E-state index in [2.05, 4.69) is 46.3 Å². The van der Waals surface area contributed by atoms with E-state index in [0.717, 1.165) is 32.7 Å². The fraction of sp³-hybridized carbons (Fsp3) is 0.611. The zero-order valence-electron chi connectivity index (χ0n) is 14.3. The summed E-state index contributed by atoms with van der Waals surface area (Å²) in [6.45, 7) is 9.52. The van der Waals surface area contributed by atoms with Crippen LogP contribution in [0.25, 0.3) is 0 Å². The Bertz CT molecular complexity index is 499. The summed E-state index contributed by atoms with van der Waals surface area (Å²) < 4.78 is 0. The van der Waals surface area contributed by atoms with E-state index in [1.807, 2.05) is 6.92 Å². The minimum Gasteiger partial charge on any atom is -0.396 e. The van der Waals surface area contributed by atoms with Crippen LogP contribution in [0.5, 0.6) is 0 Å². The van der Waals surface area contributed by atoms with Crippen LogP contribution in [-0.2, 0) is 4.79 Å². The predicted molar refractivity (Wildman–Crippen MR) is 93.7 cm³/mol. The maximum Gasteiger partial charge on any atom is 0.221 e. The molecule has 128 valence electrons. The Morgan fingerprint density at radius 1 is 1.30 bits per heavy atom. The van der Waals surface area contributed by atoms with Crippen molar-refractivity contribution in [1.29, 1.82) is 0 Å². The molecule has 0 aromatic heterocycles. The van der Waals surface area contributed by atoms with Crippen molar-refractivity contribution in [2.24, 2.45) is 5.92 Å². The van der Waals surface area contributed by atoms with E-state index in [0.29, 0.717) is 13.0 Å². The van der Waals surface area contributed by atoms with Crippen molar-refractivity contribution in [3.8, 4) is 0 Å². The molecule has 1 fully saturated rings. The van der Waals surface area contributed by atoms with E-state index in [9.17, 15) is 4.79 Å². The van der Waals surface area contributed by atoms with Gasteiger partial charge in [-0.15, -0.1) is 0 Å². The topological polar surface area (TPSA) is 55.8 Å². The number of hydrogen-bond donors (Lipinski definition) is 2. The third kappa shape index (κ3) is 5.84. The second-order valence-electron chi connectivity index (χ2n) is 6.51. The van der Waals surface area contributed by atoms with E-state index in [-0.39, 0.29) is 18.4 Å². The lowest BCUT2D eigenvalue weighted by Crippen LogP contribution is -2.47. The van der Waals surface area contributed by atoms with Gasteiger partial charge in [-0.3, -0.25) is 9.69 Å². The highest BCUT2D eigenvalue weighted by Crippen LogP contribution is 2.17. The maximum absolute atomic E-state index is 11.8. The van der Waals surface area contributed by atoms with Crippen LogP contribution in [-0.4, -0.2) is 61.8 Å². The van der Waals surface area contributed by atoms with Crippen molar-refractivity contribution < 1.29 is 9.90 Å². The molecule has 23 heavy (non-hydrogen) atoms. The molecule has 1 aromatic rings. The SMILES string of the molecule is Cc1cccc(N2CCN(CCC(=O)NCC(C)CO)CC2)c1. The average Bonchev–Trinajstić information content (AvgIpc) is 2.58. The molecule has 1 atom stereocenters. The van der Waals surface area contributed by atoms with Crippen LogP contribution in [0.2, 0.25) is 0 Å². The van der Waals surface area contributed by atoms with Crippen molar-refractivity contribution in [2.75, 3.05) is 50.8 Å². The molecule has 0 bridgehead atoms. The van der Waals surface area contributed by atoms with Crippen molar-refractivity contribution in [2.45, 2.75) is 20.3 Å². The smallest absolute Gasteiger partial charge is 0.221 e. The fourth-order valence-corrected chi connectivity index (χ4v) is 2.76. The van der Waals surface area contributed by atoms with Gasteiger partial charge in [-0.1, -0.05) is 19.1 Å². The van der Waals surface area contributed by atoms with E-state index in [1.54, 1.807) is 0 Å². The van der Waals surface area contributed by atoms with E-state index >= 15 is 0 Å². The predicted octanol–water partition coefficient (Wildman–Crippen LogP) is 1.25. The van der Waals surface area contributed by atoms with Gasteiger partial charge in [0.05, 0.1) is 0 Å². The maximum atomic E-state index is 11.8. The number of nitrogens with one attached hydrogen (secondary N) is 1. The Balaban J connectivity index is 1.68. The Morgan fingerprint density at radius 2 is 2.04 bits per heavy atom. The van der Waals surface area contributed by atoms with Crippen LogP contribution in [0.15, 0.2) is 24.3 Å². The highest BCUT2D eigenvalue weighted by Gasteiger charge is 2.17. The number of carbonyl (C=O) groups is 1. The zero-order valence-corrected chi connectivity index (χ0v) is 14.3. The van der Waals surface area contributed by atoms with Crippen LogP contribution in [0.1, 0.15) is 18.9 Å². The van der Waals surface area contributed by atoms with Gasteiger partial charge in [0.2, 0.25) is 5.91 Å². The lowest BCUT2D eigenvalue weighted by atomic mass is 10.2. The number of hydrogen-bond acceptors (Lipinski definition) is 4. The van der Waals surface area contributed by atoms with Crippen LogP contribution in [0, 0.1) is 12.8 Å². The van der Waals surface area contributed by atoms with E-state index in [1.165, 1.54) is 11.3 Å². The van der Waals surface area contributed by atoms with Crippen LogP contribution >= 0.6 is 0 Å². The first-order chi connectivity index (χ1) is 11.1. The fourth-order valence-electron chi connectivity index (χ4n) is 2.76. The van der Waals surface area contributed by atoms with Gasteiger partial charge in [-0.2, -0.15) is 0 Å². The van der Waals surface area contributed by atoms with Crippen LogP contribution in [0.4, 0.5) is 5.69 Å². The molecule has 1 heterocycles. The molecule has 5 nitrogen and oxygen atoms in total. The number of nitrogens with zero attached hydrogens (tertiary/aromatic N) is 2. The quantitative estimate of drug-likeness (QED) is 0.794. The number of benzene rings is 1. The molecule has 0 aliphatic carbocycles. The number of anilines is 1. The minimum absolute atomic E-state index is 0.0754. The van der Waals surface area contributed by atoms with Gasteiger partial charge in [-0.25, -0.2) is 0 Å². The van der Waals surface area contributed by atoms with Crippen molar-refractivity contribution in [1.82, 2.24) is 10.2 Å². The summed E-state index contributed by atoms with van der Waals surface area (Å²) in [5.41, 5.74) is 2.58. The number of carbonyl (C=O) groups excluding carboxylic acids is 1. The highest BCUT2D eigenvalue weighted by molar-refractivity contribution is 5.76. The first-order valence-electron chi connectivity index (χ1n) is 8.50.